The molecule has 1 aliphatic carbocycles. The maximum absolute atomic E-state index is 12.4. The van der Waals surface area contributed by atoms with E-state index in [-0.39, 0.29) is 18.3 Å². The third-order valence-electron chi connectivity index (χ3n) is 4.38. The van der Waals surface area contributed by atoms with Crippen LogP contribution >= 0.6 is 12.4 Å². The lowest BCUT2D eigenvalue weighted by Crippen LogP contribution is -2.54. The van der Waals surface area contributed by atoms with Crippen molar-refractivity contribution >= 4 is 18.3 Å². The van der Waals surface area contributed by atoms with Gasteiger partial charge in [-0.3, -0.25) is 4.79 Å². The van der Waals surface area contributed by atoms with Crippen molar-refractivity contribution in [2.45, 2.75) is 44.2 Å². The van der Waals surface area contributed by atoms with Crippen molar-refractivity contribution in [1.29, 1.82) is 0 Å². The molecule has 1 aromatic carbocycles. The van der Waals surface area contributed by atoms with Gasteiger partial charge in [-0.25, -0.2) is 0 Å². The summed E-state index contributed by atoms with van der Waals surface area (Å²) in [6.45, 7) is 0.370. The van der Waals surface area contributed by atoms with Gasteiger partial charge in [0.15, 0.2) is 11.5 Å². The topological polar surface area (TPSA) is 82.8 Å². The van der Waals surface area contributed by atoms with Crippen LogP contribution in [0.4, 0.5) is 0 Å². The highest BCUT2D eigenvalue weighted by Crippen LogP contribution is 2.38. The molecule has 2 rings (SSSR count). The molecule has 3 N–H and O–H groups in total. The van der Waals surface area contributed by atoms with E-state index in [9.17, 15) is 4.79 Å². The molecule has 1 aromatic rings. The number of carbonyl (C=O) groups is 1. The highest BCUT2D eigenvalue weighted by atomic mass is 35.5. The standard InChI is InChI=1S/C17H26N2O4.ClH/c1-21-13-9-12(10-14(22-2)15(13)23-3)11-19-16(20)17(18)7-5-4-6-8-17;/h9-10H,4-8,11,18H2,1-3H3,(H,19,20);1H. The molecule has 1 fully saturated rings. The molecule has 0 atom stereocenters. The molecule has 0 heterocycles. The zero-order chi connectivity index (χ0) is 16.9. The number of amides is 1. The van der Waals surface area contributed by atoms with Crippen LogP contribution in [-0.4, -0.2) is 32.8 Å². The van der Waals surface area contributed by atoms with E-state index in [2.05, 4.69) is 5.32 Å². The van der Waals surface area contributed by atoms with Crippen LogP contribution in [0.25, 0.3) is 0 Å². The molecule has 0 aliphatic heterocycles. The van der Waals surface area contributed by atoms with Gasteiger partial charge in [0.25, 0.3) is 0 Å². The first-order valence-electron chi connectivity index (χ1n) is 7.90. The van der Waals surface area contributed by atoms with Gasteiger partial charge in [0.05, 0.1) is 26.9 Å². The number of methoxy groups -OCH3 is 3. The Labute approximate surface area is 149 Å². The van der Waals surface area contributed by atoms with Crippen LogP contribution in [0.2, 0.25) is 0 Å². The van der Waals surface area contributed by atoms with Crippen molar-refractivity contribution < 1.29 is 19.0 Å². The van der Waals surface area contributed by atoms with E-state index >= 15 is 0 Å². The van der Waals surface area contributed by atoms with Gasteiger partial charge in [0, 0.05) is 6.54 Å². The molecule has 7 heteroatoms. The highest BCUT2D eigenvalue weighted by molar-refractivity contribution is 5.86. The summed E-state index contributed by atoms with van der Waals surface area (Å²) in [7, 11) is 4.69. The fraction of sp³-hybridized carbons (Fsp3) is 0.588. The molecule has 1 aliphatic rings. The third-order valence-corrected chi connectivity index (χ3v) is 4.38. The van der Waals surface area contributed by atoms with Crippen molar-refractivity contribution in [3.05, 3.63) is 17.7 Å². The summed E-state index contributed by atoms with van der Waals surface area (Å²) in [6.07, 6.45) is 4.66. The average molecular weight is 359 g/mol. The van der Waals surface area contributed by atoms with E-state index in [1.165, 1.54) is 0 Å². The number of nitrogens with two attached hydrogens (primary N) is 1. The van der Waals surface area contributed by atoms with Crippen molar-refractivity contribution in [3.63, 3.8) is 0 Å². The van der Waals surface area contributed by atoms with E-state index in [4.69, 9.17) is 19.9 Å². The van der Waals surface area contributed by atoms with Gasteiger partial charge in [0.1, 0.15) is 0 Å². The SMILES string of the molecule is COc1cc(CNC(=O)C2(N)CCCCC2)cc(OC)c1OC.Cl. The molecule has 1 saturated carbocycles. The summed E-state index contributed by atoms with van der Waals surface area (Å²) in [5.74, 6) is 1.58. The zero-order valence-electron chi connectivity index (χ0n) is 14.5. The first kappa shape index (κ1) is 20.4. The minimum Gasteiger partial charge on any atom is -0.493 e. The Morgan fingerprint density at radius 1 is 1.08 bits per heavy atom. The lowest BCUT2D eigenvalue weighted by molar-refractivity contribution is -0.127. The molecule has 0 radical (unpaired) electrons. The Morgan fingerprint density at radius 3 is 2.08 bits per heavy atom. The van der Waals surface area contributed by atoms with Gasteiger partial charge in [0.2, 0.25) is 11.7 Å². The largest absolute Gasteiger partial charge is 0.493 e. The molecule has 6 nitrogen and oxygen atoms in total. The smallest absolute Gasteiger partial charge is 0.240 e. The Balaban J connectivity index is 0.00000288. The summed E-state index contributed by atoms with van der Waals surface area (Å²) in [6, 6.07) is 3.65. The first-order chi connectivity index (χ1) is 11.0. The fourth-order valence-corrected chi connectivity index (χ4v) is 3.01. The summed E-state index contributed by atoms with van der Waals surface area (Å²) in [5, 5.41) is 2.93. The van der Waals surface area contributed by atoms with E-state index in [0.29, 0.717) is 23.8 Å². The number of benzene rings is 1. The summed E-state index contributed by atoms with van der Waals surface area (Å²) in [5.41, 5.74) is 6.37. The van der Waals surface area contributed by atoms with Crippen LogP contribution in [0, 0.1) is 0 Å². The van der Waals surface area contributed by atoms with Crippen molar-refractivity contribution in [2.75, 3.05) is 21.3 Å². The predicted octanol–water partition coefficient (Wildman–Crippen LogP) is 2.41. The van der Waals surface area contributed by atoms with E-state index in [1.54, 1.807) is 21.3 Å². The minimum absolute atomic E-state index is 0. The van der Waals surface area contributed by atoms with Crippen molar-refractivity contribution in [3.8, 4) is 17.2 Å². The molecule has 0 unspecified atom stereocenters. The summed E-state index contributed by atoms with van der Waals surface area (Å²) < 4.78 is 15.9. The number of carbonyl (C=O) groups excluding carboxylic acids is 1. The lowest BCUT2D eigenvalue weighted by atomic mass is 9.82. The van der Waals surface area contributed by atoms with Crippen molar-refractivity contribution in [1.82, 2.24) is 5.32 Å². The Hall–Kier alpha value is -1.66. The van der Waals surface area contributed by atoms with Crippen LogP contribution in [0.5, 0.6) is 17.2 Å². The average Bonchev–Trinajstić information content (AvgIpc) is 2.59. The molecule has 0 spiro atoms. The molecular weight excluding hydrogens is 332 g/mol. The maximum atomic E-state index is 12.4. The monoisotopic (exact) mass is 358 g/mol. The van der Waals surface area contributed by atoms with Gasteiger partial charge >= 0.3 is 0 Å². The second kappa shape index (κ2) is 8.99. The maximum Gasteiger partial charge on any atom is 0.240 e. The van der Waals surface area contributed by atoms with Gasteiger partial charge < -0.3 is 25.3 Å². The third kappa shape index (κ3) is 4.45. The highest BCUT2D eigenvalue weighted by Gasteiger charge is 2.34. The second-order valence-corrected chi connectivity index (χ2v) is 5.93. The second-order valence-electron chi connectivity index (χ2n) is 5.93. The van der Waals surface area contributed by atoms with Crippen LogP contribution in [-0.2, 0) is 11.3 Å². The summed E-state index contributed by atoms with van der Waals surface area (Å²) >= 11 is 0. The van der Waals surface area contributed by atoms with Crippen LogP contribution in [0.1, 0.15) is 37.7 Å². The van der Waals surface area contributed by atoms with Crippen LogP contribution < -0.4 is 25.3 Å². The quantitative estimate of drug-likeness (QED) is 0.816. The molecule has 24 heavy (non-hydrogen) atoms. The fourth-order valence-electron chi connectivity index (χ4n) is 3.01. The minimum atomic E-state index is -0.737. The summed E-state index contributed by atoms with van der Waals surface area (Å²) in [4.78, 5) is 12.4. The van der Waals surface area contributed by atoms with Gasteiger partial charge in [-0.15, -0.1) is 12.4 Å². The lowest BCUT2D eigenvalue weighted by Gasteiger charge is -2.31. The Kier molecular flexibility index (Phi) is 7.63. The first-order valence-corrected chi connectivity index (χ1v) is 7.90. The molecule has 136 valence electrons. The van der Waals surface area contributed by atoms with E-state index in [0.717, 1.165) is 37.7 Å². The van der Waals surface area contributed by atoms with E-state index in [1.807, 2.05) is 12.1 Å². The zero-order valence-corrected chi connectivity index (χ0v) is 15.3. The molecule has 0 saturated heterocycles. The van der Waals surface area contributed by atoms with E-state index < -0.39 is 5.54 Å². The number of nitrogens with one attached hydrogen (secondary N) is 1. The van der Waals surface area contributed by atoms with Crippen LogP contribution in [0.3, 0.4) is 0 Å². The molecule has 0 aromatic heterocycles. The normalized spacial score (nSPS) is 15.8. The Morgan fingerprint density at radius 2 is 1.62 bits per heavy atom. The van der Waals surface area contributed by atoms with Crippen LogP contribution in [0.15, 0.2) is 12.1 Å². The number of halogens is 1. The number of hydrogen-bond acceptors (Lipinski definition) is 5. The predicted molar refractivity (Wildman–Crippen MR) is 95.2 cm³/mol. The molecule has 1 amide bonds. The molecular formula is C17H27ClN2O4. The number of rotatable bonds is 6. The van der Waals surface area contributed by atoms with Crippen molar-refractivity contribution in [2.24, 2.45) is 5.73 Å². The molecule has 0 bridgehead atoms. The van der Waals surface area contributed by atoms with Gasteiger partial charge in [-0.2, -0.15) is 0 Å². The van der Waals surface area contributed by atoms with Gasteiger partial charge in [-0.05, 0) is 30.5 Å². The number of hydrogen-bond donors (Lipinski definition) is 2. The number of ether oxygens (including phenoxy) is 3. The van der Waals surface area contributed by atoms with Gasteiger partial charge in [-0.1, -0.05) is 19.3 Å². The Bertz CT molecular complexity index is 535.